The zero-order valence-corrected chi connectivity index (χ0v) is 8.10. The highest BCUT2D eigenvalue weighted by atomic mass is 15.5. The highest BCUT2D eigenvalue weighted by Gasteiger charge is 2.27. The van der Waals surface area contributed by atoms with Crippen LogP contribution in [0.25, 0.3) is 0 Å². The van der Waals surface area contributed by atoms with Crippen molar-refractivity contribution in [2.45, 2.75) is 33.7 Å². The third-order valence-corrected chi connectivity index (χ3v) is 2.43. The molecule has 1 rings (SSSR count). The minimum atomic E-state index is 0.579. The van der Waals surface area contributed by atoms with Crippen LogP contribution in [0.4, 0.5) is 0 Å². The molecule has 1 unspecified atom stereocenters. The predicted molar refractivity (Wildman–Crippen MR) is 47.9 cm³/mol. The molecular weight excluding hydrogens is 136 g/mol. The molecule has 64 valence electrons. The first-order valence-corrected chi connectivity index (χ1v) is 4.21. The Morgan fingerprint density at radius 1 is 1.36 bits per heavy atom. The van der Waals surface area contributed by atoms with Crippen LogP contribution in [0.2, 0.25) is 0 Å². The van der Waals surface area contributed by atoms with Crippen LogP contribution >= 0.6 is 0 Å². The van der Waals surface area contributed by atoms with Crippen molar-refractivity contribution in [3.8, 4) is 0 Å². The summed E-state index contributed by atoms with van der Waals surface area (Å²) in [4.78, 5) is 0. The second-order valence-corrected chi connectivity index (χ2v) is 3.72. The summed E-state index contributed by atoms with van der Waals surface area (Å²) < 4.78 is 0. The lowest BCUT2D eigenvalue weighted by molar-refractivity contribution is 0.200. The zero-order valence-electron chi connectivity index (χ0n) is 8.10. The number of nitrogens with one attached hydrogen (secondary N) is 1. The molecule has 0 fully saturated rings. The van der Waals surface area contributed by atoms with Crippen molar-refractivity contribution in [2.75, 3.05) is 7.05 Å². The normalized spacial score (nSPS) is 26.5. The van der Waals surface area contributed by atoms with Gasteiger partial charge >= 0.3 is 0 Å². The molecule has 11 heavy (non-hydrogen) atoms. The summed E-state index contributed by atoms with van der Waals surface area (Å²) in [5.74, 6) is 0.685. The first kappa shape index (κ1) is 8.60. The number of nitrogens with zero attached hydrogens (tertiary/aromatic N) is 1. The molecule has 0 saturated carbocycles. The van der Waals surface area contributed by atoms with Crippen LogP contribution in [0.5, 0.6) is 0 Å². The van der Waals surface area contributed by atoms with Gasteiger partial charge < -0.3 is 5.43 Å². The van der Waals surface area contributed by atoms with Crippen LogP contribution in [-0.2, 0) is 0 Å². The van der Waals surface area contributed by atoms with Gasteiger partial charge in [0.05, 0.1) is 6.04 Å². The van der Waals surface area contributed by atoms with E-state index in [1.165, 1.54) is 11.3 Å². The highest BCUT2D eigenvalue weighted by Crippen LogP contribution is 2.23. The van der Waals surface area contributed by atoms with Gasteiger partial charge in [0.1, 0.15) is 0 Å². The Kier molecular flexibility index (Phi) is 2.23. The molecular formula is C9H18N2. The lowest BCUT2D eigenvalue weighted by Gasteiger charge is -2.24. The Balaban J connectivity index is 2.79. The molecule has 0 aromatic carbocycles. The second kappa shape index (κ2) is 2.86. The van der Waals surface area contributed by atoms with Gasteiger partial charge in [-0.2, -0.15) is 0 Å². The Bertz CT molecular complexity index is 182. The smallest absolute Gasteiger partial charge is 0.0537 e. The molecule has 1 heterocycles. The van der Waals surface area contributed by atoms with E-state index in [1.807, 2.05) is 0 Å². The molecule has 0 spiro atoms. The molecule has 0 radical (unpaired) electrons. The van der Waals surface area contributed by atoms with Crippen LogP contribution in [0.15, 0.2) is 11.3 Å². The number of allylic oxidation sites excluding steroid dienone is 1. The van der Waals surface area contributed by atoms with Crippen molar-refractivity contribution >= 4 is 0 Å². The number of hydrogen-bond acceptors (Lipinski definition) is 2. The molecule has 0 aromatic rings. The van der Waals surface area contributed by atoms with Crippen molar-refractivity contribution in [2.24, 2.45) is 5.92 Å². The molecule has 0 saturated heterocycles. The van der Waals surface area contributed by atoms with E-state index < -0.39 is 0 Å². The summed E-state index contributed by atoms with van der Waals surface area (Å²) in [5, 5.41) is 2.19. The number of hydrazine groups is 1. The maximum absolute atomic E-state index is 3.31. The van der Waals surface area contributed by atoms with Crippen molar-refractivity contribution in [3.05, 3.63) is 11.3 Å². The van der Waals surface area contributed by atoms with Gasteiger partial charge in [0.25, 0.3) is 0 Å². The van der Waals surface area contributed by atoms with Crippen molar-refractivity contribution in [3.63, 3.8) is 0 Å². The highest BCUT2D eigenvalue weighted by molar-refractivity contribution is 5.20. The first-order chi connectivity index (χ1) is 5.04. The van der Waals surface area contributed by atoms with E-state index in [0.29, 0.717) is 12.0 Å². The van der Waals surface area contributed by atoms with Gasteiger partial charge in [-0.3, -0.25) is 0 Å². The Morgan fingerprint density at radius 3 is 2.09 bits per heavy atom. The van der Waals surface area contributed by atoms with Crippen LogP contribution in [0, 0.1) is 5.92 Å². The standard InChI is InChI=1S/C9H18N2/c1-6(2)9-7(3)8(4)10-11(9)5/h6,9-10H,1-5H3. The second-order valence-electron chi connectivity index (χ2n) is 3.72. The fourth-order valence-electron chi connectivity index (χ4n) is 1.88. The molecule has 0 aromatic heterocycles. The zero-order chi connectivity index (χ0) is 8.59. The van der Waals surface area contributed by atoms with Crippen LogP contribution in [0.3, 0.4) is 0 Å². The van der Waals surface area contributed by atoms with Gasteiger partial charge in [0.2, 0.25) is 0 Å². The average molecular weight is 154 g/mol. The molecule has 2 heteroatoms. The summed E-state index contributed by atoms with van der Waals surface area (Å²) in [6, 6.07) is 0.579. The van der Waals surface area contributed by atoms with Crippen molar-refractivity contribution in [1.82, 2.24) is 10.4 Å². The predicted octanol–water partition coefficient (Wildman–Crippen LogP) is 1.75. The molecule has 1 atom stereocenters. The summed E-state index contributed by atoms with van der Waals surface area (Å²) in [6.45, 7) is 8.85. The Labute approximate surface area is 69.2 Å². The van der Waals surface area contributed by atoms with E-state index in [1.54, 1.807) is 0 Å². The van der Waals surface area contributed by atoms with E-state index in [-0.39, 0.29) is 0 Å². The maximum atomic E-state index is 3.31. The molecule has 2 nitrogen and oxygen atoms in total. The van der Waals surface area contributed by atoms with Gasteiger partial charge in [-0.15, -0.1) is 0 Å². The van der Waals surface area contributed by atoms with Crippen LogP contribution in [0.1, 0.15) is 27.7 Å². The largest absolute Gasteiger partial charge is 0.323 e. The van der Waals surface area contributed by atoms with E-state index >= 15 is 0 Å². The number of hydrogen-bond donors (Lipinski definition) is 1. The fraction of sp³-hybridized carbons (Fsp3) is 0.778. The molecule has 0 amide bonds. The third-order valence-electron chi connectivity index (χ3n) is 2.43. The Morgan fingerprint density at radius 2 is 1.91 bits per heavy atom. The topological polar surface area (TPSA) is 15.3 Å². The van der Waals surface area contributed by atoms with Gasteiger partial charge in [0, 0.05) is 12.7 Å². The number of likely N-dealkylation sites (N-methyl/N-ethyl adjacent to an activating group) is 1. The average Bonchev–Trinajstić information content (AvgIpc) is 2.07. The van der Waals surface area contributed by atoms with Crippen LogP contribution in [-0.4, -0.2) is 18.1 Å². The molecule has 0 bridgehead atoms. The third kappa shape index (κ3) is 1.41. The lowest BCUT2D eigenvalue weighted by atomic mass is 9.97. The minimum absolute atomic E-state index is 0.579. The van der Waals surface area contributed by atoms with E-state index in [0.717, 1.165) is 0 Å². The summed E-state index contributed by atoms with van der Waals surface area (Å²) in [7, 11) is 2.10. The van der Waals surface area contributed by atoms with Gasteiger partial charge in [0.15, 0.2) is 0 Å². The monoisotopic (exact) mass is 154 g/mol. The van der Waals surface area contributed by atoms with Gasteiger partial charge in [-0.25, -0.2) is 5.01 Å². The van der Waals surface area contributed by atoms with E-state index in [4.69, 9.17) is 0 Å². The molecule has 1 aliphatic heterocycles. The summed E-state index contributed by atoms with van der Waals surface area (Å²) in [5.41, 5.74) is 6.10. The minimum Gasteiger partial charge on any atom is -0.323 e. The fourth-order valence-corrected chi connectivity index (χ4v) is 1.88. The Hall–Kier alpha value is -0.500. The van der Waals surface area contributed by atoms with Gasteiger partial charge in [-0.05, 0) is 25.3 Å². The summed E-state index contributed by atoms with van der Waals surface area (Å²) >= 11 is 0. The maximum Gasteiger partial charge on any atom is 0.0537 e. The van der Waals surface area contributed by atoms with E-state index in [9.17, 15) is 0 Å². The van der Waals surface area contributed by atoms with Crippen LogP contribution < -0.4 is 5.43 Å². The lowest BCUT2D eigenvalue weighted by Crippen LogP contribution is -2.38. The molecule has 1 aliphatic rings. The quantitative estimate of drug-likeness (QED) is 0.619. The summed E-state index contributed by atoms with van der Waals surface area (Å²) in [6.07, 6.45) is 0. The molecule has 0 aliphatic carbocycles. The number of rotatable bonds is 1. The first-order valence-electron chi connectivity index (χ1n) is 4.21. The molecule has 1 N–H and O–H groups in total. The van der Waals surface area contributed by atoms with Crippen molar-refractivity contribution < 1.29 is 0 Å². The van der Waals surface area contributed by atoms with Gasteiger partial charge in [-0.1, -0.05) is 13.8 Å². The SMILES string of the molecule is CC1=C(C)C(C(C)C)N(C)N1. The van der Waals surface area contributed by atoms with Crippen molar-refractivity contribution in [1.29, 1.82) is 0 Å². The van der Waals surface area contributed by atoms with E-state index in [2.05, 4.69) is 45.2 Å².